The lowest BCUT2D eigenvalue weighted by molar-refractivity contribution is -0.115. The number of nitrogens with one attached hydrogen (secondary N) is 2. The maximum absolute atomic E-state index is 12.6. The van der Waals surface area contributed by atoms with Crippen LogP contribution >= 0.6 is 0 Å². The molecule has 10 heteroatoms. The van der Waals surface area contributed by atoms with E-state index in [9.17, 15) is 13.2 Å². The summed E-state index contributed by atoms with van der Waals surface area (Å²) < 4.78 is 29.1. The topological polar surface area (TPSA) is 118 Å². The fourth-order valence-corrected chi connectivity index (χ4v) is 4.14. The molecule has 31 heavy (non-hydrogen) atoms. The van der Waals surface area contributed by atoms with Gasteiger partial charge in [-0.15, -0.1) is 0 Å². The fourth-order valence-electron chi connectivity index (χ4n) is 3.18. The number of rotatable bonds is 6. The minimum Gasteiger partial charge on any atom is -0.326 e. The van der Waals surface area contributed by atoms with Gasteiger partial charge in [-0.05, 0) is 55.8 Å². The molecule has 0 spiro atoms. The van der Waals surface area contributed by atoms with E-state index >= 15 is 0 Å². The number of hydrogen-bond donors (Lipinski definition) is 2. The van der Waals surface area contributed by atoms with Crippen molar-refractivity contribution in [3.8, 4) is 0 Å². The Balaban J connectivity index is 1.46. The van der Waals surface area contributed by atoms with Gasteiger partial charge < -0.3 is 9.72 Å². The third kappa shape index (κ3) is 4.38. The van der Waals surface area contributed by atoms with Crippen molar-refractivity contribution in [2.24, 2.45) is 0 Å². The fraction of sp³-hybridized carbons (Fsp3) is 0.143. The Morgan fingerprint density at radius 3 is 2.45 bits per heavy atom. The molecule has 9 nitrogen and oxygen atoms in total. The van der Waals surface area contributed by atoms with Crippen molar-refractivity contribution >= 4 is 33.2 Å². The van der Waals surface area contributed by atoms with Gasteiger partial charge in [-0.2, -0.15) is 0 Å². The molecular weight excluding hydrogens is 416 g/mol. The van der Waals surface area contributed by atoms with Gasteiger partial charge in [0.1, 0.15) is 5.65 Å². The molecule has 0 aliphatic heterocycles. The smallest absolute Gasteiger partial charge is 0.264 e. The number of sulfonamides is 1. The highest BCUT2D eigenvalue weighted by Crippen LogP contribution is 2.18. The Hall–Kier alpha value is -3.79. The van der Waals surface area contributed by atoms with Crippen molar-refractivity contribution in [1.82, 2.24) is 19.4 Å². The second kappa shape index (κ2) is 8.15. The highest BCUT2D eigenvalue weighted by molar-refractivity contribution is 7.92. The summed E-state index contributed by atoms with van der Waals surface area (Å²) >= 11 is 0. The molecule has 2 N–H and O–H groups in total. The number of aromatic nitrogens is 4. The van der Waals surface area contributed by atoms with E-state index in [1.807, 2.05) is 36.6 Å². The first kappa shape index (κ1) is 20.5. The Bertz CT molecular complexity index is 1350. The minimum absolute atomic E-state index is 0.0153. The average molecular weight is 436 g/mol. The Labute approximate surface area is 179 Å². The highest BCUT2D eigenvalue weighted by atomic mass is 32.2. The monoisotopic (exact) mass is 436 g/mol. The summed E-state index contributed by atoms with van der Waals surface area (Å²) in [5, 5.41) is 2.80. The molecule has 4 rings (SSSR count). The van der Waals surface area contributed by atoms with Crippen LogP contribution < -0.4 is 10.0 Å². The van der Waals surface area contributed by atoms with Crippen LogP contribution in [-0.4, -0.2) is 33.7 Å². The van der Waals surface area contributed by atoms with Crippen molar-refractivity contribution < 1.29 is 13.2 Å². The quantitative estimate of drug-likeness (QED) is 0.480. The number of amides is 1. The standard InChI is InChI=1S/C21H20N6O3S/c1-14-5-3-12-27-18(15(2)24-20(14)27)13-19(28)25-16-6-8-17(9-7-16)31(29,30)26-21-22-10-4-11-23-21/h3-12H,13H2,1-2H3,(H,25,28)(H,22,23,26). The van der Waals surface area contributed by atoms with Gasteiger partial charge in [0.25, 0.3) is 10.0 Å². The van der Waals surface area contributed by atoms with E-state index in [1.54, 1.807) is 6.07 Å². The van der Waals surface area contributed by atoms with E-state index < -0.39 is 10.0 Å². The van der Waals surface area contributed by atoms with Crippen LogP contribution in [0, 0.1) is 13.8 Å². The number of imidazole rings is 1. The second-order valence-electron chi connectivity index (χ2n) is 6.96. The predicted octanol–water partition coefficient (Wildman–Crippen LogP) is 2.72. The molecule has 0 saturated carbocycles. The first-order valence-electron chi connectivity index (χ1n) is 9.46. The number of carbonyl (C=O) groups excluding carboxylic acids is 1. The SMILES string of the molecule is Cc1nc2c(C)cccn2c1CC(=O)Nc1ccc(S(=O)(=O)Nc2ncccn2)cc1. The van der Waals surface area contributed by atoms with Gasteiger partial charge in [0.2, 0.25) is 11.9 Å². The summed E-state index contributed by atoms with van der Waals surface area (Å²) in [5.74, 6) is -0.239. The summed E-state index contributed by atoms with van der Waals surface area (Å²) in [6, 6.07) is 11.4. The largest absolute Gasteiger partial charge is 0.326 e. The molecule has 4 aromatic rings. The molecule has 158 valence electrons. The van der Waals surface area contributed by atoms with Gasteiger partial charge in [0, 0.05) is 24.3 Å². The van der Waals surface area contributed by atoms with Crippen LogP contribution in [0.4, 0.5) is 11.6 Å². The number of pyridine rings is 1. The molecule has 0 unspecified atom stereocenters. The Morgan fingerprint density at radius 1 is 1.03 bits per heavy atom. The summed E-state index contributed by atoms with van der Waals surface area (Å²) in [5.41, 5.74) is 3.95. The van der Waals surface area contributed by atoms with Gasteiger partial charge >= 0.3 is 0 Å². The average Bonchev–Trinajstić information content (AvgIpc) is 3.05. The van der Waals surface area contributed by atoms with Gasteiger partial charge in [0.05, 0.1) is 22.7 Å². The molecule has 0 saturated heterocycles. The zero-order valence-electron chi connectivity index (χ0n) is 16.9. The van der Waals surface area contributed by atoms with Crippen molar-refractivity contribution in [1.29, 1.82) is 0 Å². The van der Waals surface area contributed by atoms with E-state index in [-0.39, 0.29) is 23.2 Å². The summed E-state index contributed by atoms with van der Waals surface area (Å²) in [4.78, 5) is 24.9. The Kier molecular flexibility index (Phi) is 5.38. The van der Waals surface area contributed by atoms with E-state index in [4.69, 9.17) is 0 Å². The first-order chi connectivity index (χ1) is 14.8. The van der Waals surface area contributed by atoms with Crippen LogP contribution in [0.5, 0.6) is 0 Å². The molecule has 0 radical (unpaired) electrons. The summed E-state index contributed by atoms with van der Waals surface area (Å²) in [7, 11) is -3.83. The Morgan fingerprint density at radius 2 is 1.74 bits per heavy atom. The normalized spacial score (nSPS) is 11.4. The predicted molar refractivity (Wildman–Crippen MR) is 116 cm³/mol. The molecule has 0 aliphatic rings. The van der Waals surface area contributed by atoms with Crippen LogP contribution in [0.15, 0.2) is 66.0 Å². The van der Waals surface area contributed by atoms with Crippen LogP contribution in [0.3, 0.4) is 0 Å². The molecule has 1 amide bonds. The molecular formula is C21H20N6O3S. The van der Waals surface area contributed by atoms with E-state index in [0.29, 0.717) is 5.69 Å². The number of nitrogens with zero attached hydrogens (tertiary/aromatic N) is 4. The minimum atomic E-state index is -3.83. The van der Waals surface area contributed by atoms with Crippen molar-refractivity contribution in [3.05, 3.63) is 78.0 Å². The summed E-state index contributed by atoms with van der Waals surface area (Å²) in [6.45, 7) is 3.85. The summed E-state index contributed by atoms with van der Waals surface area (Å²) in [6.07, 6.45) is 4.91. The molecule has 0 atom stereocenters. The highest BCUT2D eigenvalue weighted by Gasteiger charge is 2.17. The van der Waals surface area contributed by atoms with Gasteiger partial charge in [0.15, 0.2) is 0 Å². The number of fused-ring (bicyclic) bond motifs is 1. The number of aryl methyl sites for hydroxylation is 2. The van der Waals surface area contributed by atoms with E-state index in [0.717, 1.165) is 22.6 Å². The third-order valence-electron chi connectivity index (χ3n) is 4.71. The van der Waals surface area contributed by atoms with Crippen molar-refractivity contribution in [3.63, 3.8) is 0 Å². The van der Waals surface area contributed by atoms with Crippen molar-refractivity contribution in [2.45, 2.75) is 25.2 Å². The molecule has 0 aliphatic carbocycles. The number of carbonyl (C=O) groups is 1. The van der Waals surface area contributed by atoms with Gasteiger partial charge in [-0.1, -0.05) is 6.07 Å². The molecule has 3 heterocycles. The number of anilines is 2. The number of hydrogen-bond acceptors (Lipinski definition) is 6. The number of benzene rings is 1. The first-order valence-corrected chi connectivity index (χ1v) is 10.9. The second-order valence-corrected chi connectivity index (χ2v) is 8.64. The van der Waals surface area contributed by atoms with Crippen LogP contribution in [0.1, 0.15) is 17.0 Å². The maximum Gasteiger partial charge on any atom is 0.264 e. The van der Waals surface area contributed by atoms with E-state index in [2.05, 4.69) is 25.0 Å². The maximum atomic E-state index is 12.6. The lowest BCUT2D eigenvalue weighted by Crippen LogP contribution is -2.17. The van der Waals surface area contributed by atoms with Crippen LogP contribution in [-0.2, 0) is 21.2 Å². The van der Waals surface area contributed by atoms with Crippen LogP contribution in [0.25, 0.3) is 5.65 Å². The van der Waals surface area contributed by atoms with Crippen molar-refractivity contribution in [2.75, 3.05) is 10.0 Å². The molecule has 3 aromatic heterocycles. The molecule has 0 bridgehead atoms. The zero-order chi connectivity index (χ0) is 22.0. The lowest BCUT2D eigenvalue weighted by Gasteiger charge is -2.09. The van der Waals surface area contributed by atoms with Crippen LogP contribution in [0.2, 0.25) is 0 Å². The van der Waals surface area contributed by atoms with E-state index in [1.165, 1.54) is 36.7 Å². The zero-order valence-corrected chi connectivity index (χ0v) is 17.7. The lowest BCUT2D eigenvalue weighted by atomic mass is 10.2. The van der Waals surface area contributed by atoms with Gasteiger partial charge in [-0.25, -0.2) is 28.1 Å². The molecule has 1 aromatic carbocycles. The third-order valence-corrected chi connectivity index (χ3v) is 6.06. The van der Waals surface area contributed by atoms with Gasteiger partial charge in [-0.3, -0.25) is 4.79 Å². The molecule has 0 fully saturated rings.